The summed E-state index contributed by atoms with van der Waals surface area (Å²) in [6, 6.07) is 4.25. The fourth-order valence-electron chi connectivity index (χ4n) is 1.49. The van der Waals surface area contributed by atoms with Gasteiger partial charge < -0.3 is 10.5 Å². The number of hydrogen-bond donors (Lipinski definition) is 1. The van der Waals surface area contributed by atoms with E-state index >= 15 is 0 Å². The molecule has 0 aliphatic heterocycles. The first kappa shape index (κ1) is 13.8. The normalized spacial score (nSPS) is 12.5. The van der Waals surface area contributed by atoms with E-state index in [9.17, 15) is 9.18 Å². The van der Waals surface area contributed by atoms with Crippen LogP contribution in [0, 0.1) is 12.7 Å². The van der Waals surface area contributed by atoms with E-state index in [0.29, 0.717) is 24.2 Å². The standard InChI is InChI=1S/C13H18FNO2/c1-9-3-4-10(7-12(9)14)13(16)8-11(15)5-6-17-2/h3-4,7,11H,5-6,8,15H2,1-2H3. The smallest absolute Gasteiger partial charge is 0.164 e. The second-order valence-corrected chi connectivity index (χ2v) is 4.13. The Morgan fingerprint density at radius 1 is 1.53 bits per heavy atom. The maximum atomic E-state index is 13.3. The molecule has 0 saturated heterocycles. The Balaban J connectivity index is 2.60. The van der Waals surface area contributed by atoms with Gasteiger partial charge in [-0.1, -0.05) is 12.1 Å². The Hall–Kier alpha value is -1.26. The summed E-state index contributed by atoms with van der Waals surface area (Å²) in [5.74, 6) is -0.492. The molecule has 0 saturated carbocycles. The molecular formula is C13H18FNO2. The fraction of sp³-hybridized carbons (Fsp3) is 0.462. The molecule has 0 bridgehead atoms. The summed E-state index contributed by atoms with van der Waals surface area (Å²) in [4.78, 5) is 11.8. The molecule has 0 amide bonds. The summed E-state index contributed by atoms with van der Waals surface area (Å²) in [6.07, 6.45) is 0.836. The monoisotopic (exact) mass is 239 g/mol. The lowest BCUT2D eigenvalue weighted by Crippen LogP contribution is -2.25. The van der Waals surface area contributed by atoms with E-state index in [1.807, 2.05) is 0 Å². The Morgan fingerprint density at radius 3 is 2.82 bits per heavy atom. The van der Waals surface area contributed by atoms with Crippen LogP contribution in [0.4, 0.5) is 4.39 Å². The van der Waals surface area contributed by atoms with Crippen molar-refractivity contribution in [3.8, 4) is 0 Å². The summed E-state index contributed by atoms with van der Waals surface area (Å²) in [5.41, 5.74) is 6.68. The number of methoxy groups -OCH3 is 1. The van der Waals surface area contributed by atoms with E-state index in [-0.39, 0.29) is 24.1 Å². The highest BCUT2D eigenvalue weighted by molar-refractivity contribution is 5.96. The van der Waals surface area contributed by atoms with Gasteiger partial charge in [0.15, 0.2) is 5.78 Å². The molecule has 1 unspecified atom stereocenters. The van der Waals surface area contributed by atoms with Gasteiger partial charge >= 0.3 is 0 Å². The Bertz CT molecular complexity index is 393. The molecule has 0 aromatic heterocycles. The van der Waals surface area contributed by atoms with Crippen molar-refractivity contribution in [1.82, 2.24) is 0 Å². The van der Waals surface area contributed by atoms with Crippen LogP contribution in [0.3, 0.4) is 0 Å². The van der Waals surface area contributed by atoms with Crippen LogP contribution in [-0.2, 0) is 4.74 Å². The largest absolute Gasteiger partial charge is 0.385 e. The molecule has 3 nitrogen and oxygen atoms in total. The summed E-state index contributed by atoms with van der Waals surface area (Å²) >= 11 is 0. The van der Waals surface area contributed by atoms with Gasteiger partial charge in [-0.05, 0) is 25.0 Å². The topological polar surface area (TPSA) is 52.3 Å². The third kappa shape index (κ3) is 4.24. The lowest BCUT2D eigenvalue weighted by molar-refractivity contribution is 0.0966. The van der Waals surface area contributed by atoms with Gasteiger partial charge in [-0.2, -0.15) is 0 Å². The number of nitrogens with two attached hydrogens (primary N) is 1. The van der Waals surface area contributed by atoms with Crippen LogP contribution < -0.4 is 5.73 Å². The second-order valence-electron chi connectivity index (χ2n) is 4.13. The molecule has 0 spiro atoms. The van der Waals surface area contributed by atoms with Gasteiger partial charge in [-0.3, -0.25) is 4.79 Å². The Labute approximate surface area is 101 Å². The van der Waals surface area contributed by atoms with Crippen LogP contribution in [0.1, 0.15) is 28.8 Å². The maximum Gasteiger partial charge on any atom is 0.164 e. The van der Waals surface area contributed by atoms with Crippen LogP contribution in [-0.4, -0.2) is 25.5 Å². The number of Topliss-reactive ketones (excluding diaryl/α,β-unsaturated/α-hetero) is 1. The number of carbonyl (C=O) groups excluding carboxylic acids is 1. The van der Waals surface area contributed by atoms with Crippen LogP contribution in [0.2, 0.25) is 0 Å². The molecule has 0 aliphatic rings. The zero-order valence-corrected chi connectivity index (χ0v) is 10.2. The van der Waals surface area contributed by atoms with Crippen molar-refractivity contribution in [3.63, 3.8) is 0 Å². The van der Waals surface area contributed by atoms with Gasteiger partial charge in [-0.15, -0.1) is 0 Å². The zero-order valence-electron chi connectivity index (χ0n) is 10.2. The molecule has 0 fully saturated rings. The number of carbonyl (C=O) groups is 1. The summed E-state index contributed by atoms with van der Waals surface area (Å²) in [5, 5.41) is 0. The van der Waals surface area contributed by atoms with Gasteiger partial charge in [0.25, 0.3) is 0 Å². The average molecular weight is 239 g/mol. The third-order valence-corrected chi connectivity index (χ3v) is 2.63. The van der Waals surface area contributed by atoms with Crippen LogP contribution in [0.25, 0.3) is 0 Å². The molecule has 0 heterocycles. The van der Waals surface area contributed by atoms with E-state index in [2.05, 4.69) is 0 Å². The number of benzene rings is 1. The maximum absolute atomic E-state index is 13.3. The summed E-state index contributed by atoms with van der Waals surface area (Å²) < 4.78 is 18.2. The summed E-state index contributed by atoms with van der Waals surface area (Å²) in [6.45, 7) is 2.19. The average Bonchev–Trinajstić information content (AvgIpc) is 2.30. The Morgan fingerprint density at radius 2 is 2.24 bits per heavy atom. The number of aryl methyl sites for hydroxylation is 1. The first-order valence-corrected chi connectivity index (χ1v) is 5.58. The number of hydrogen-bond acceptors (Lipinski definition) is 3. The minimum absolute atomic E-state index is 0.132. The van der Waals surface area contributed by atoms with E-state index in [0.717, 1.165) is 0 Å². The lowest BCUT2D eigenvalue weighted by atomic mass is 10.0. The highest BCUT2D eigenvalue weighted by atomic mass is 19.1. The molecule has 0 aliphatic carbocycles. The van der Waals surface area contributed by atoms with Crippen LogP contribution in [0.5, 0.6) is 0 Å². The van der Waals surface area contributed by atoms with Crippen LogP contribution in [0.15, 0.2) is 18.2 Å². The molecule has 1 aromatic rings. The molecule has 2 N–H and O–H groups in total. The predicted octanol–water partition coefficient (Wildman–Crippen LogP) is 2.07. The zero-order chi connectivity index (χ0) is 12.8. The highest BCUT2D eigenvalue weighted by Gasteiger charge is 2.12. The van der Waals surface area contributed by atoms with Crippen LogP contribution >= 0.6 is 0 Å². The first-order valence-electron chi connectivity index (χ1n) is 5.58. The number of ether oxygens (including phenoxy) is 1. The van der Waals surface area contributed by atoms with Gasteiger partial charge in [0.2, 0.25) is 0 Å². The van der Waals surface area contributed by atoms with Crippen molar-refractivity contribution in [2.75, 3.05) is 13.7 Å². The van der Waals surface area contributed by atoms with Crippen molar-refractivity contribution >= 4 is 5.78 Å². The molecule has 94 valence electrons. The summed E-state index contributed by atoms with van der Waals surface area (Å²) in [7, 11) is 1.59. The molecule has 1 rings (SSSR count). The number of halogens is 1. The molecule has 0 radical (unpaired) electrons. The highest BCUT2D eigenvalue weighted by Crippen LogP contribution is 2.12. The predicted molar refractivity (Wildman–Crippen MR) is 64.6 cm³/mol. The first-order chi connectivity index (χ1) is 8.04. The quantitative estimate of drug-likeness (QED) is 0.773. The SMILES string of the molecule is COCCC(N)CC(=O)c1ccc(C)c(F)c1. The third-order valence-electron chi connectivity index (χ3n) is 2.63. The minimum atomic E-state index is -0.360. The molecule has 17 heavy (non-hydrogen) atoms. The minimum Gasteiger partial charge on any atom is -0.385 e. The van der Waals surface area contributed by atoms with Crippen molar-refractivity contribution in [3.05, 3.63) is 35.1 Å². The van der Waals surface area contributed by atoms with E-state index in [1.165, 1.54) is 6.07 Å². The van der Waals surface area contributed by atoms with Crippen molar-refractivity contribution in [2.24, 2.45) is 5.73 Å². The van der Waals surface area contributed by atoms with Crippen molar-refractivity contribution < 1.29 is 13.9 Å². The molecule has 1 aromatic carbocycles. The van der Waals surface area contributed by atoms with Crippen molar-refractivity contribution in [1.29, 1.82) is 0 Å². The van der Waals surface area contributed by atoms with Gasteiger partial charge in [0, 0.05) is 31.7 Å². The molecular weight excluding hydrogens is 221 g/mol. The van der Waals surface area contributed by atoms with Gasteiger partial charge in [0.1, 0.15) is 5.82 Å². The fourth-order valence-corrected chi connectivity index (χ4v) is 1.49. The molecule has 4 heteroatoms. The van der Waals surface area contributed by atoms with E-state index < -0.39 is 0 Å². The number of ketones is 1. The van der Waals surface area contributed by atoms with Gasteiger partial charge in [-0.25, -0.2) is 4.39 Å². The van der Waals surface area contributed by atoms with E-state index in [4.69, 9.17) is 10.5 Å². The van der Waals surface area contributed by atoms with Gasteiger partial charge in [0.05, 0.1) is 0 Å². The van der Waals surface area contributed by atoms with E-state index in [1.54, 1.807) is 26.2 Å². The second kappa shape index (κ2) is 6.47. The Kier molecular flexibility index (Phi) is 5.25. The molecule has 1 atom stereocenters. The van der Waals surface area contributed by atoms with Crippen molar-refractivity contribution in [2.45, 2.75) is 25.8 Å². The lowest BCUT2D eigenvalue weighted by Gasteiger charge is -2.10. The number of rotatable bonds is 6.